The average molecular weight is 341 g/mol. The van der Waals surface area contributed by atoms with E-state index in [2.05, 4.69) is 49.2 Å². The number of nitriles is 1. The second-order valence-corrected chi connectivity index (χ2v) is 7.09. The number of nitrogens with zero attached hydrogens (tertiary/aromatic N) is 2. The van der Waals surface area contributed by atoms with Crippen molar-refractivity contribution < 1.29 is 0 Å². The lowest BCUT2D eigenvalue weighted by Crippen LogP contribution is -2.00. The number of nitrogens with two attached hydrogens (primary N) is 1. The molecule has 0 bridgehead atoms. The first-order chi connectivity index (χ1) is 12.5. The first kappa shape index (κ1) is 17.7. The molecule has 3 nitrogen and oxygen atoms in total. The molecule has 0 saturated carbocycles. The zero-order chi connectivity index (χ0) is 18.7. The number of aromatic nitrogens is 1. The summed E-state index contributed by atoms with van der Waals surface area (Å²) in [5, 5.41) is 9.53. The number of benzene rings is 2. The van der Waals surface area contributed by atoms with E-state index < -0.39 is 0 Å². The van der Waals surface area contributed by atoms with Crippen LogP contribution in [0.4, 0.5) is 5.82 Å². The number of aryl methyl sites for hydroxylation is 1. The maximum atomic E-state index is 9.53. The van der Waals surface area contributed by atoms with E-state index in [4.69, 9.17) is 5.73 Å². The van der Waals surface area contributed by atoms with Gasteiger partial charge < -0.3 is 5.73 Å². The first-order valence-corrected chi connectivity index (χ1v) is 8.85. The van der Waals surface area contributed by atoms with Gasteiger partial charge in [0.25, 0.3) is 0 Å². The van der Waals surface area contributed by atoms with Gasteiger partial charge in [0, 0.05) is 11.1 Å². The summed E-state index contributed by atoms with van der Waals surface area (Å²) >= 11 is 0. The van der Waals surface area contributed by atoms with Gasteiger partial charge in [-0.1, -0.05) is 67.9 Å². The van der Waals surface area contributed by atoms with E-state index in [1.807, 2.05) is 37.3 Å². The van der Waals surface area contributed by atoms with Crippen LogP contribution in [0.2, 0.25) is 0 Å². The van der Waals surface area contributed by atoms with E-state index in [0.29, 0.717) is 11.5 Å². The molecule has 0 spiro atoms. The third kappa shape index (κ3) is 3.75. The van der Waals surface area contributed by atoms with Gasteiger partial charge >= 0.3 is 0 Å². The summed E-state index contributed by atoms with van der Waals surface area (Å²) in [5.41, 5.74) is 12.6. The fourth-order valence-corrected chi connectivity index (χ4v) is 3.07. The minimum Gasteiger partial charge on any atom is -0.383 e. The first-order valence-electron chi connectivity index (χ1n) is 8.85. The van der Waals surface area contributed by atoms with Gasteiger partial charge in [-0.05, 0) is 36.5 Å². The zero-order valence-electron chi connectivity index (χ0n) is 15.5. The minimum atomic E-state index is 0.270. The van der Waals surface area contributed by atoms with Gasteiger partial charge in [-0.15, -0.1) is 0 Å². The highest BCUT2D eigenvalue weighted by molar-refractivity contribution is 5.80. The van der Waals surface area contributed by atoms with E-state index in [1.54, 1.807) is 0 Å². The van der Waals surface area contributed by atoms with Gasteiger partial charge in [0.15, 0.2) is 0 Å². The molecule has 0 atom stereocenters. The summed E-state index contributed by atoms with van der Waals surface area (Å²) < 4.78 is 0. The van der Waals surface area contributed by atoms with Crippen molar-refractivity contribution in [2.45, 2.75) is 27.2 Å². The van der Waals surface area contributed by atoms with Crippen LogP contribution in [0.25, 0.3) is 22.4 Å². The molecule has 1 heterocycles. The van der Waals surface area contributed by atoms with Crippen molar-refractivity contribution in [3.05, 3.63) is 71.3 Å². The monoisotopic (exact) mass is 341 g/mol. The van der Waals surface area contributed by atoms with Crippen LogP contribution in [0, 0.1) is 24.2 Å². The van der Waals surface area contributed by atoms with Crippen molar-refractivity contribution >= 4 is 5.82 Å². The van der Waals surface area contributed by atoms with Gasteiger partial charge in [0.05, 0.1) is 5.69 Å². The molecule has 26 heavy (non-hydrogen) atoms. The molecule has 0 aliphatic rings. The van der Waals surface area contributed by atoms with Crippen molar-refractivity contribution in [2.75, 3.05) is 5.73 Å². The smallest absolute Gasteiger partial charge is 0.142 e. The van der Waals surface area contributed by atoms with Gasteiger partial charge in [-0.3, -0.25) is 0 Å². The third-order valence-electron chi connectivity index (χ3n) is 4.42. The molecule has 3 rings (SSSR count). The second kappa shape index (κ2) is 7.41. The Labute approximate surface area is 155 Å². The van der Waals surface area contributed by atoms with Crippen LogP contribution in [-0.2, 0) is 6.42 Å². The topological polar surface area (TPSA) is 62.7 Å². The summed E-state index contributed by atoms with van der Waals surface area (Å²) in [5.74, 6) is 0.893. The Bertz CT molecular complexity index is 946. The van der Waals surface area contributed by atoms with Crippen LogP contribution in [0.15, 0.2) is 54.6 Å². The summed E-state index contributed by atoms with van der Waals surface area (Å²) in [6, 6.07) is 20.7. The summed E-state index contributed by atoms with van der Waals surface area (Å²) in [6.45, 7) is 6.47. The molecule has 0 aliphatic heterocycles. The molecule has 3 heteroatoms. The maximum absolute atomic E-state index is 9.53. The van der Waals surface area contributed by atoms with E-state index in [0.717, 1.165) is 28.8 Å². The van der Waals surface area contributed by atoms with Gasteiger partial charge in [0.2, 0.25) is 0 Å². The number of nitrogen functional groups attached to an aromatic ring is 1. The Morgan fingerprint density at radius 3 is 2.19 bits per heavy atom. The highest BCUT2D eigenvalue weighted by atomic mass is 14.8. The van der Waals surface area contributed by atoms with E-state index in [9.17, 15) is 5.26 Å². The highest BCUT2D eigenvalue weighted by Gasteiger charge is 2.13. The van der Waals surface area contributed by atoms with Crippen LogP contribution in [0.1, 0.15) is 30.5 Å². The van der Waals surface area contributed by atoms with Gasteiger partial charge in [-0.25, -0.2) is 4.98 Å². The predicted octanol–water partition coefficient (Wildman–Crippen LogP) is 5.38. The Hall–Kier alpha value is -3.12. The highest BCUT2D eigenvalue weighted by Crippen LogP contribution is 2.31. The molecule has 0 aliphatic carbocycles. The lowest BCUT2D eigenvalue weighted by Gasteiger charge is -2.11. The van der Waals surface area contributed by atoms with E-state index in [-0.39, 0.29) is 5.82 Å². The molecule has 0 saturated heterocycles. The lowest BCUT2D eigenvalue weighted by molar-refractivity contribution is 0.647. The zero-order valence-corrected chi connectivity index (χ0v) is 15.5. The van der Waals surface area contributed by atoms with E-state index >= 15 is 0 Å². The molecule has 2 aromatic carbocycles. The van der Waals surface area contributed by atoms with Crippen molar-refractivity contribution in [2.24, 2.45) is 5.92 Å². The van der Waals surface area contributed by atoms with E-state index in [1.165, 1.54) is 11.1 Å². The molecule has 0 fully saturated rings. The molecule has 130 valence electrons. The van der Waals surface area contributed by atoms with Crippen LogP contribution < -0.4 is 5.73 Å². The van der Waals surface area contributed by atoms with Crippen LogP contribution >= 0.6 is 0 Å². The number of anilines is 1. The summed E-state index contributed by atoms with van der Waals surface area (Å²) in [7, 11) is 0. The normalized spacial score (nSPS) is 10.7. The Morgan fingerprint density at radius 1 is 1.00 bits per heavy atom. The van der Waals surface area contributed by atoms with Gasteiger partial charge in [-0.2, -0.15) is 5.26 Å². The van der Waals surface area contributed by atoms with Crippen LogP contribution in [0.5, 0.6) is 0 Å². The van der Waals surface area contributed by atoms with Crippen LogP contribution in [-0.4, -0.2) is 4.98 Å². The number of hydrogen-bond acceptors (Lipinski definition) is 3. The number of rotatable bonds is 4. The number of hydrogen-bond donors (Lipinski definition) is 1. The fraction of sp³-hybridized carbons (Fsp3) is 0.217. The van der Waals surface area contributed by atoms with Crippen molar-refractivity contribution in [1.82, 2.24) is 4.98 Å². The van der Waals surface area contributed by atoms with Crippen LogP contribution in [0.3, 0.4) is 0 Å². The molecule has 3 aromatic rings. The average Bonchev–Trinajstić information content (AvgIpc) is 2.62. The number of pyridine rings is 1. The predicted molar refractivity (Wildman–Crippen MR) is 108 cm³/mol. The van der Waals surface area contributed by atoms with Crippen molar-refractivity contribution in [1.29, 1.82) is 5.26 Å². The second-order valence-electron chi connectivity index (χ2n) is 7.09. The Kier molecular flexibility index (Phi) is 5.04. The minimum absolute atomic E-state index is 0.270. The summed E-state index contributed by atoms with van der Waals surface area (Å²) in [6.07, 6.45) is 1.05. The van der Waals surface area contributed by atoms with Gasteiger partial charge in [0.1, 0.15) is 17.5 Å². The molecule has 0 amide bonds. The molecule has 0 radical (unpaired) electrons. The standard InChI is InChI=1S/C23H23N3/c1-15(2)12-17-6-10-19(11-7-17)22-13-20(21(14-24)23(25)26-22)18-8-4-16(3)5-9-18/h4-11,13,15H,12H2,1-3H3,(H2,25,26). The summed E-state index contributed by atoms with van der Waals surface area (Å²) in [4.78, 5) is 4.46. The molecule has 0 unspecified atom stereocenters. The molecule has 2 N–H and O–H groups in total. The van der Waals surface area contributed by atoms with Crippen molar-refractivity contribution in [3.63, 3.8) is 0 Å². The third-order valence-corrected chi connectivity index (χ3v) is 4.42. The van der Waals surface area contributed by atoms with Crippen molar-refractivity contribution in [3.8, 4) is 28.5 Å². The molecular formula is C23H23N3. The molecular weight excluding hydrogens is 318 g/mol. The lowest BCUT2D eigenvalue weighted by atomic mass is 9.96. The molecule has 1 aromatic heterocycles. The fourth-order valence-electron chi connectivity index (χ4n) is 3.07. The SMILES string of the molecule is Cc1ccc(-c2cc(-c3ccc(CC(C)C)cc3)nc(N)c2C#N)cc1. The largest absolute Gasteiger partial charge is 0.383 e. The quantitative estimate of drug-likeness (QED) is 0.693. The Balaban J connectivity index is 2.06. The maximum Gasteiger partial charge on any atom is 0.142 e. The Morgan fingerprint density at radius 2 is 1.62 bits per heavy atom.